The van der Waals surface area contributed by atoms with E-state index >= 15 is 0 Å². The summed E-state index contributed by atoms with van der Waals surface area (Å²) in [6.07, 6.45) is -3.61. The number of nitrogens with one attached hydrogen (secondary N) is 1. The van der Waals surface area contributed by atoms with Crippen molar-refractivity contribution in [1.82, 2.24) is 5.32 Å². The molecule has 0 fully saturated rings. The maximum absolute atomic E-state index is 11.9. The summed E-state index contributed by atoms with van der Waals surface area (Å²) in [6, 6.07) is 5.70. The van der Waals surface area contributed by atoms with Gasteiger partial charge in [-0.1, -0.05) is 24.6 Å². The van der Waals surface area contributed by atoms with Gasteiger partial charge in [0.05, 0.1) is 6.61 Å². The minimum Gasteiger partial charge on any atom is -0.491 e. The van der Waals surface area contributed by atoms with E-state index in [4.69, 9.17) is 4.74 Å². The zero-order chi connectivity index (χ0) is 15.9. The molecule has 1 atom stereocenters. The summed E-state index contributed by atoms with van der Waals surface area (Å²) in [4.78, 5) is 0. The number of rotatable bonds is 8. The summed E-state index contributed by atoms with van der Waals surface area (Å²) in [5.41, 5.74) is 2.02. The molecule has 0 heterocycles. The number of hydrogen-bond donors (Lipinski definition) is 1. The first kappa shape index (κ1) is 17.8. The molecule has 1 aromatic rings. The van der Waals surface area contributed by atoms with E-state index in [1.165, 1.54) is 0 Å². The lowest BCUT2D eigenvalue weighted by molar-refractivity contribution is -0.325. The van der Waals surface area contributed by atoms with Crippen LogP contribution in [-0.4, -0.2) is 26.1 Å². The van der Waals surface area contributed by atoms with Crippen molar-refractivity contribution >= 4 is 0 Å². The molecule has 0 saturated carbocycles. The molecule has 0 radical (unpaired) electrons. The highest BCUT2D eigenvalue weighted by atomic mass is 19.4. The quantitative estimate of drug-likeness (QED) is 0.737. The largest absolute Gasteiger partial charge is 0.522 e. The molecule has 6 heteroatoms. The van der Waals surface area contributed by atoms with Gasteiger partial charge >= 0.3 is 6.36 Å². The first-order valence-corrected chi connectivity index (χ1v) is 7.01. The normalized spacial score (nSPS) is 13.2. The van der Waals surface area contributed by atoms with E-state index in [0.29, 0.717) is 5.75 Å². The van der Waals surface area contributed by atoms with Gasteiger partial charge in [-0.25, -0.2) is 0 Å². The van der Waals surface area contributed by atoms with E-state index in [1.54, 1.807) is 6.07 Å². The minimum atomic E-state index is -4.62. The Kier molecular flexibility index (Phi) is 6.98. The van der Waals surface area contributed by atoms with Gasteiger partial charge in [0, 0.05) is 11.6 Å². The Morgan fingerprint density at radius 2 is 1.95 bits per heavy atom. The van der Waals surface area contributed by atoms with Crippen LogP contribution in [0.2, 0.25) is 0 Å². The van der Waals surface area contributed by atoms with Crippen molar-refractivity contribution in [2.24, 2.45) is 0 Å². The first-order chi connectivity index (χ1) is 9.83. The molecule has 0 amide bonds. The van der Waals surface area contributed by atoms with Crippen LogP contribution in [0.25, 0.3) is 0 Å². The van der Waals surface area contributed by atoms with Gasteiger partial charge in [0.1, 0.15) is 12.4 Å². The maximum atomic E-state index is 11.9. The fourth-order valence-corrected chi connectivity index (χ4v) is 1.92. The summed E-state index contributed by atoms with van der Waals surface area (Å²) in [5, 5.41) is 3.34. The molecule has 120 valence electrons. The number of benzene rings is 1. The van der Waals surface area contributed by atoms with Gasteiger partial charge in [0.15, 0.2) is 0 Å². The zero-order valence-corrected chi connectivity index (χ0v) is 12.6. The summed E-state index contributed by atoms with van der Waals surface area (Å²) < 4.78 is 44.8. The van der Waals surface area contributed by atoms with Crippen LogP contribution in [0.1, 0.15) is 37.4 Å². The number of alkyl halides is 3. The highest BCUT2D eigenvalue weighted by Gasteiger charge is 2.28. The molecule has 1 aromatic carbocycles. The van der Waals surface area contributed by atoms with Gasteiger partial charge < -0.3 is 10.1 Å². The molecule has 1 unspecified atom stereocenters. The Morgan fingerprint density at radius 1 is 1.24 bits per heavy atom. The van der Waals surface area contributed by atoms with Crippen molar-refractivity contribution in [3.63, 3.8) is 0 Å². The molecule has 0 aromatic heterocycles. The van der Waals surface area contributed by atoms with Crippen LogP contribution in [0.15, 0.2) is 18.2 Å². The smallest absolute Gasteiger partial charge is 0.491 e. The molecule has 0 bridgehead atoms. The predicted octanol–water partition coefficient (Wildman–Crippen LogP) is 3.97. The Labute approximate surface area is 123 Å². The third-order valence-corrected chi connectivity index (χ3v) is 2.94. The predicted molar refractivity (Wildman–Crippen MR) is 75.4 cm³/mol. The average molecular weight is 305 g/mol. The summed E-state index contributed by atoms with van der Waals surface area (Å²) in [5.74, 6) is 0.586. The second-order valence-corrected chi connectivity index (χ2v) is 4.86. The van der Waals surface area contributed by atoms with Crippen molar-refractivity contribution in [3.8, 4) is 5.75 Å². The number of ether oxygens (including phenoxy) is 2. The van der Waals surface area contributed by atoms with Crippen molar-refractivity contribution in [2.45, 2.75) is 39.6 Å². The van der Waals surface area contributed by atoms with Crippen LogP contribution in [0.5, 0.6) is 5.75 Å². The van der Waals surface area contributed by atoms with Gasteiger partial charge in [-0.15, -0.1) is 13.2 Å². The fourth-order valence-electron chi connectivity index (χ4n) is 1.92. The highest BCUT2D eigenvalue weighted by Crippen LogP contribution is 2.26. The van der Waals surface area contributed by atoms with Crippen LogP contribution in [0.4, 0.5) is 13.2 Å². The average Bonchev–Trinajstić information content (AvgIpc) is 2.41. The summed E-state index contributed by atoms with van der Waals surface area (Å²) >= 11 is 0. The Bertz CT molecular complexity index is 435. The summed E-state index contributed by atoms with van der Waals surface area (Å²) in [6.45, 7) is 6.24. The number of hydrogen-bond acceptors (Lipinski definition) is 3. The first-order valence-electron chi connectivity index (χ1n) is 7.01. The van der Waals surface area contributed by atoms with Crippen molar-refractivity contribution in [2.75, 3.05) is 19.8 Å². The van der Waals surface area contributed by atoms with E-state index in [9.17, 15) is 13.2 Å². The Hall–Kier alpha value is -1.27. The van der Waals surface area contributed by atoms with Gasteiger partial charge in [-0.2, -0.15) is 0 Å². The third kappa shape index (κ3) is 6.82. The molecule has 1 rings (SSSR count). The lowest BCUT2D eigenvalue weighted by Gasteiger charge is -2.19. The van der Waals surface area contributed by atoms with Crippen LogP contribution in [0.3, 0.4) is 0 Å². The molecular weight excluding hydrogens is 283 g/mol. The van der Waals surface area contributed by atoms with Gasteiger partial charge in [0.25, 0.3) is 0 Å². The molecule has 1 N–H and O–H groups in total. The Balaban J connectivity index is 2.64. The second kappa shape index (κ2) is 8.24. The van der Waals surface area contributed by atoms with Gasteiger partial charge in [-0.05, 0) is 32.9 Å². The van der Waals surface area contributed by atoms with E-state index in [-0.39, 0.29) is 12.6 Å². The molecule has 3 nitrogen and oxygen atoms in total. The van der Waals surface area contributed by atoms with Crippen LogP contribution < -0.4 is 10.1 Å². The molecule has 0 spiro atoms. The van der Waals surface area contributed by atoms with E-state index in [1.807, 2.05) is 26.0 Å². The standard InChI is InChI=1S/C15H22F3NO2/c1-4-7-19-12(3)13-10-11(2)5-6-14(13)20-8-9-21-15(16,17)18/h5-6,10,12,19H,4,7-9H2,1-3H3. The highest BCUT2D eigenvalue weighted by molar-refractivity contribution is 5.39. The van der Waals surface area contributed by atoms with Gasteiger partial charge in [-0.3, -0.25) is 4.74 Å². The molecule has 0 aliphatic heterocycles. The van der Waals surface area contributed by atoms with Crippen molar-refractivity contribution in [1.29, 1.82) is 0 Å². The maximum Gasteiger partial charge on any atom is 0.522 e. The SMILES string of the molecule is CCCNC(C)c1cc(C)ccc1OCCOC(F)(F)F. The van der Waals surface area contributed by atoms with Crippen LogP contribution >= 0.6 is 0 Å². The second-order valence-electron chi connectivity index (χ2n) is 4.86. The minimum absolute atomic E-state index is 0.0726. The monoisotopic (exact) mass is 305 g/mol. The Morgan fingerprint density at radius 3 is 2.57 bits per heavy atom. The van der Waals surface area contributed by atoms with Crippen molar-refractivity contribution in [3.05, 3.63) is 29.3 Å². The van der Waals surface area contributed by atoms with Crippen molar-refractivity contribution < 1.29 is 22.6 Å². The lowest BCUT2D eigenvalue weighted by Crippen LogP contribution is -2.21. The lowest BCUT2D eigenvalue weighted by atomic mass is 10.0. The molecule has 21 heavy (non-hydrogen) atoms. The van der Waals surface area contributed by atoms with E-state index in [2.05, 4.69) is 17.0 Å². The van der Waals surface area contributed by atoms with Crippen LogP contribution in [0, 0.1) is 6.92 Å². The van der Waals surface area contributed by atoms with Crippen LogP contribution in [-0.2, 0) is 4.74 Å². The molecule has 0 aliphatic rings. The molecule has 0 saturated heterocycles. The summed E-state index contributed by atoms with van der Waals surface area (Å²) in [7, 11) is 0. The van der Waals surface area contributed by atoms with E-state index < -0.39 is 13.0 Å². The van der Waals surface area contributed by atoms with E-state index in [0.717, 1.165) is 24.1 Å². The fraction of sp³-hybridized carbons (Fsp3) is 0.600. The number of halogens is 3. The molecular formula is C15H22F3NO2. The zero-order valence-electron chi connectivity index (χ0n) is 12.6. The topological polar surface area (TPSA) is 30.5 Å². The third-order valence-electron chi connectivity index (χ3n) is 2.94. The van der Waals surface area contributed by atoms with Gasteiger partial charge in [0.2, 0.25) is 0 Å². The number of aryl methyl sites for hydroxylation is 1. The molecule has 0 aliphatic carbocycles.